The third kappa shape index (κ3) is 4.07. The topological polar surface area (TPSA) is 50.1 Å². The Balaban J connectivity index is 1.63. The molecule has 3 aromatic rings. The summed E-state index contributed by atoms with van der Waals surface area (Å²) in [7, 11) is 5.96. The van der Waals surface area contributed by atoms with Gasteiger partial charge >= 0.3 is 0 Å². The number of anilines is 1. The smallest absolute Gasteiger partial charge is 0.225 e. The van der Waals surface area contributed by atoms with Crippen LogP contribution in [0.5, 0.6) is 0 Å². The Morgan fingerprint density at radius 3 is 2.68 bits per heavy atom. The Kier molecular flexibility index (Phi) is 5.39. The van der Waals surface area contributed by atoms with Crippen LogP contribution in [0.3, 0.4) is 0 Å². The van der Waals surface area contributed by atoms with E-state index in [1.165, 1.54) is 23.2 Å². The molecule has 0 unspecified atom stereocenters. The van der Waals surface area contributed by atoms with Crippen LogP contribution in [0.4, 0.5) is 5.95 Å². The molecule has 2 aromatic heterocycles. The average Bonchev–Trinajstić information content (AvgIpc) is 3.13. The molecule has 0 bridgehead atoms. The molecule has 1 aliphatic heterocycles. The summed E-state index contributed by atoms with van der Waals surface area (Å²) in [6, 6.07) is 10.5. The number of likely N-dealkylation sites (tertiary alicyclic amines) is 1. The molecule has 0 aliphatic carbocycles. The van der Waals surface area contributed by atoms with E-state index in [4.69, 9.17) is 4.98 Å². The van der Waals surface area contributed by atoms with E-state index in [1.54, 1.807) is 0 Å². The van der Waals surface area contributed by atoms with Gasteiger partial charge in [-0.1, -0.05) is 30.3 Å². The van der Waals surface area contributed by atoms with Crippen molar-refractivity contribution in [2.75, 3.05) is 32.1 Å². The molecular formula is C22H28N6. The van der Waals surface area contributed by atoms with Crippen LogP contribution in [0.1, 0.15) is 30.0 Å². The van der Waals surface area contributed by atoms with Crippen molar-refractivity contribution in [3.63, 3.8) is 0 Å². The average molecular weight is 377 g/mol. The summed E-state index contributed by atoms with van der Waals surface area (Å²) in [6.45, 7) is 3.08. The fourth-order valence-corrected chi connectivity index (χ4v) is 3.99. The molecule has 6 nitrogen and oxygen atoms in total. The number of nitrogens with zero attached hydrogens (tertiary/aromatic N) is 6. The van der Waals surface area contributed by atoms with Crippen molar-refractivity contribution in [1.29, 1.82) is 0 Å². The summed E-state index contributed by atoms with van der Waals surface area (Å²) in [5.41, 5.74) is 4.77. The van der Waals surface area contributed by atoms with Gasteiger partial charge in [0.05, 0.1) is 11.9 Å². The summed E-state index contributed by atoms with van der Waals surface area (Å²) < 4.78 is 1.87. The van der Waals surface area contributed by atoms with Gasteiger partial charge in [-0.3, -0.25) is 9.58 Å². The van der Waals surface area contributed by atoms with Gasteiger partial charge in [-0.2, -0.15) is 5.10 Å². The summed E-state index contributed by atoms with van der Waals surface area (Å²) in [5.74, 6) is 1.18. The van der Waals surface area contributed by atoms with Gasteiger partial charge < -0.3 is 4.90 Å². The monoisotopic (exact) mass is 376 g/mol. The van der Waals surface area contributed by atoms with Crippen molar-refractivity contribution >= 4 is 5.95 Å². The molecular weight excluding hydrogens is 348 g/mol. The number of aryl methyl sites for hydroxylation is 1. The first kappa shape index (κ1) is 18.6. The zero-order chi connectivity index (χ0) is 19.5. The number of piperidine rings is 1. The second kappa shape index (κ2) is 8.10. The molecule has 0 spiro atoms. The molecule has 1 aromatic carbocycles. The first-order valence-corrected chi connectivity index (χ1v) is 9.89. The Labute approximate surface area is 166 Å². The maximum atomic E-state index is 4.99. The number of hydrogen-bond donors (Lipinski definition) is 0. The predicted molar refractivity (Wildman–Crippen MR) is 112 cm³/mol. The predicted octanol–water partition coefficient (Wildman–Crippen LogP) is 3.32. The van der Waals surface area contributed by atoms with Crippen LogP contribution in [0.15, 0.2) is 48.9 Å². The van der Waals surface area contributed by atoms with Crippen LogP contribution in [0, 0.1) is 0 Å². The molecule has 0 amide bonds. The van der Waals surface area contributed by atoms with Crippen LogP contribution in [-0.4, -0.2) is 51.8 Å². The number of hydrogen-bond acceptors (Lipinski definition) is 5. The van der Waals surface area contributed by atoms with Gasteiger partial charge in [0.15, 0.2) is 0 Å². The quantitative estimate of drug-likeness (QED) is 0.684. The van der Waals surface area contributed by atoms with Crippen LogP contribution in [0.25, 0.3) is 11.1 Å². The van der Waals surface area contributed by atoms with E-state index in [-0.39, 0.29) is 0 Å². The lowest BCUT2D eigenvalue weighted by Crippen LogP contribution is -2.34. The molecule has 3 heterocycles. The minimum Gasteiger partial charge on any atom is -0.347 e. The second-order valence-corrected chi connectivity index (χ2v) is 7.83. The highest BCUT2D eigenvalue weighted by atomic mass is 15.2. The van der Waals surface area contributed by atoms with E-state index in [9.17, 15) is 0 Å². The minimum atomic E-state index is 0.405. The molecule has 0 radical (unpaired) electrons. The molecule has 146 valence electrons. The largest absolute Gasteiger partial charge is 0.347 e. The normalized spacial score (nSPS) is 17.6. The van der Waals surface area contributed by atoms with Gasteiger partial charge in [0.2, 0.25) is 5.95 Å². The summed E-state index contributed by atoms with van der Waals surface area (Å²) >= 11 is 0. The molecule has 1 atom stereocenters. The van der Waals surface area contributed by atoms with Crippen molar-refractivity contribution < 1.29 is 0 Å². The lowest BCUT2D eigenvalue weighted by Gasteiger charge is -2.33. The van der Waals surface area contributed by atoms with Gasteiger partial charge in [-0.25, -0.2) is 9.97 Å². The highest BCUT2D eigenvalue weighted by Crippen LogP contribution is 2.34. The first-order chi connectivity index (χ1) is 13.6. The van der Waals surface area contributed by atoms with Crippen LogP contribution in [0.2, 0.25) is 0 Å². The lowest BCUT2D eigenvalue weighted by atomic mass is 9.90. The van der Waals surface area contributed by atoms with Gasteiger partial charge in [0.1, 0.15) is 0 Å². The highest BCUT2D eigenvalue weighted by molar-refractivity contribution is 5.66. The van der Waals surface area contributed by atoms with E-state index in [0.717, 1.165) is 37.6 Å². The fraction of sp³-hybridized carbons (Fsp3) is 0.409. The van der Waals surface area contributed by atoms with Gasteiger partial charge in [0.25, 0.3) is 0 Å². The molecule has 1 saturated heterocycles. The SMILES string of the molecule is CN(C)c1ncc(-c2ccccc2)c([C@H]2CCCN(Cc3cnn(C)c3)C2)n1. The summed E-state index contributed by atoms with van der Waals surface area (Å²) in [5, 5.41) is 4.31. The zero-order valence-corrected chi connectivity index (χ0v) is 16.9. The fourth-order valence-electron chi connectivity index (χ4n) is 3.99. The van der Waals surface area contributed by atoms with Gasteiger partial charge in [0, 0.05) is 63.7 Å². The first-order valence-electron chi connectivity index (χ1n) is 9.89. The van der Waals surface area contributed by atoms with E-state index >= 15 is 0 Å². The zero-order valence-electron chi connectivity index (χ0n) is 16.9. The third-order valence-electron chi connectivity index (χ3n) is 5.35. The standard InChI is InChI=1S/C22H28N6/c1-26(2)22-23-13-20(18-8-5-4-6-9-18)21(25-22)19-10-7-11-28(16-19)15-17-12-24-27(3)14-17/h4-6,8-9,12-14,19H,7,10-11,15-16H2,1-3H3/t19-/m0/s1. The van der Waals surface area contributed by atoms with Crippen molar-refractivity contribution in [1.82, 2.24) is 24.6 Å². The molecule has 28 heavy (non-hydrogen) atoms. The van der Waals surface area contributed by atoms with Crippen LogP contribution in [-0.2, 0) is 13.6 Å². The Hall–Kier alpha value is -2.73. The number of benzene rings is 1. The molecule has 1 fully saturated rings. The molecule has 6 heteroatoms. The van der Waals surface area contributed by atoms with Crippen LogP contribution < -0.4 is 4.90 Å². The van der Waals surface area contributed by atoms with E-state index in [0.29, 0.717) is 5.92 Å². The Morgan fingerprint density at radius 2 is 1.96 bits per heavy atom. The maximum Gasteiger partial charge on any atom is 0.225 e. The van der Waals surface area contributed by atoms with Gasteiger partial charge in [-0.05, 0) is 24.9 Å². The number of rotatable bonds is 5. The number of aromatic nitrogens is 4. The maximum absolute atomic E-state index is 4.99. The van der Waals surface area contributed by atoms with Crippen molar-refractivity contribution in [3.8, 4) is 11.1 Å². The minimum absolute atomic E-state index is 0.405. The molecule has 0 N–H and O–H groups in total. The van der Waals surface area contributed by atoms with Crippen LogP contribution >= 0.6 is 0 Å². The third-order valence-corrected chi connectivity index (χ3v) is 5.35. The summed E-state index contributed by atoms with van der Waals surface area (Å²) in [4.78, 5) is 14.1. The van der Waals surface area contributed by atoms with E-state index in [1.807, 2.05) is 43.1 Å². The van der Waals surface area contributed by atoms with Crippen molar-refractivity contribution in [3.05, 3.63) is 60.2 Å². The lowest BCUT2D eigenvalue weighted by molar-refractivity contribution is 0.198. The molecule has 4 rings (SSSR count). The van der Waals surface area contributed by atoms with E-state index in [2.05, 4.69) is 51.5 Å². The van der Waals surface area contributed by atoms with Gasteiger partial charge in [-0.15, -0.1) is 0 Å². The van der Waals surface area contributed by atoms with E-state index < -0.39 is 0 Å². The van der Waals surface area contributed by atoms with Crippen molar-refractivity contribution in [2.45, 2.75) is 25.3 Å². The second-order valence-electron chi connectivity index (χ2n) is 7.83. The molecule has 1 aliphatic rings. The Morgan fingerprint density at radius 1 is 1.14 bits per heavy atom. The van der Waals surface area contributed by atoms with Crippen molar-refractivity contribution in [2.24, 2.45) is 7.05 Å². The molecule has 0 saturated carbocycles. The highest BCUT2D eigenvalue weighted by Gasteiger charge is 2.26. The Bertz CT molecular complexity index is 918. The summed E-state index contributed by atoms with van der Waals surface area (Å²) in [6.07, 6.45) is 8.41.